The quantitative estimate of drug-likeness (QED) is 0.226. The van der Waals surface area contributed by atoms with E-state index in [0.717, 1.165) is 164 Å². The fourth-order valence-electron chi connectivity index (χ4n) is 9.81. The van der Waals surface area contributed by atoms with Crippen LogP contribution in [-0.4, -0.2) is 192 Å². The van der Waals surface area contributed by atoms with E-state index in [1.165, 1.54) is 7.11 Å². The number of nitrogens with one attached hydrogen (secondary N) is 3. The van der Waals surface area contributed by atoms with Crippen molar-refractivity contribution >= 4 is 35.6 Å². The second kappa shape index (κ2) is 20.6. The minimum Gasteiger partial charge on any atom is -0.481 e. The minimum atomic E-state index is -0.809. The third kappa shape index (κ3) is 10.6. The number of nitrogens with two attached hydrogens (primary N) is 1. The summed E-state index contributed by atoms with van der Waals surface area (Å²) in [6.07, 6.45) is 7.63. The van der Waals surface area contributed by atoms with E-state index in [2.05, 4.69) is 43.7 Å². The molecule has 3 aromatic rings. The molecule has 6 N–H and O–H groups in total. The van der Waals surface area contributed by atoms with Crippen LogP contribution < -0.4 is 5.73 Å². The van der Waals surface area contributed by atoms with Crippen molar-refractivity contribution < 1.29 is 38.6 Å². The zero-order chi connectivity index (χ0) is 45.7. The summed E-state index contributed by atoms with van der Waals surface area (Å²) in [5.74, 6) is -2.32. The number of hydrogen-bond acceptors (Lipinski definition) is 10. The smallest absolute Gasteiger partial charge is 0.314 e. The predicted octanol–water partition coefficient (Wildman–Crippen LogP) is 2.21. The van der Waals surface area contributed by atoms with Crippen LogP contribution in [-0.2, 0) is 38.4 Å². The van der Waals surface area contributed by atoms with Gasteiger partial charge >= 0.3 is 11.9 Å². The molecule has 0 spiro atoms. The van der Waals surface area contributed by atoms with E-state index in [1.807, 2.05) is 39.9 Å². The summed E-state index contributed by atoms with van der Waals surface area (Å²) >= 11 is 0. The van der Waals surface area contributed by atoms with Crippen LogP contribution in [0.25, 0.3) is 0 Å². The highest BCUT2D eigenvalue weighted by Gasteiger charge is 2.34. The first-order valence-corrected chi connectivity index (χ1v) is 22.9. The van der Waals surface area contributed by atoms with Crippen molar-refractivity contribution in [2.75, 3.05) is 107 Å². The molecule has 0 aromatic carbocycles. The van der Waals surface area contributed by atoms with Crippen molar-refractivity contribution in [1.29, 1.82) is 0 Å². The largest absolute Gasteiger partial charge is 0.481 e. The number of aliphatic carboxylic acids is 1. The molecule has 0 radical (unpaired) electrons. The summed E-state index contributed by atoms with van der Waals surface area (Å²) in [6, 6.07) is 5.68. The monoisotopic (exact) mass is 887 g/mol. The highest BCUT2D eigenvalue weighted by Crippen LogP contribution is 2.35. The second-order valence-electron chi connectivity index (χ2n) is 18.3. The molecule has 0 saturated carbocycles. The molecule has 3 aliphatic heterocycles. The Morgan fingerprint density at radius 1 is 0.531 bits per heavy atom. The lowest BCUT2D eigenvalue weighted by atomic mass is 9.87. The van der Waals surface area contributed by atoms with Gasteiger partial charge in [0.15, 0.2) is 0 Å². The molecule has 6 heterocycles. The van der Waals surface area contributed by atoms with Gasteiger partial charge in [-0.3, -0.25) is 28.8 Å². The van der Waals surface area contributed by atoms with Gasteiger partial charge in [-0.1, -0.05) is 0 Å². The number of rotatable bonds is 6. The van der Waals surface area contributed by atoms with Crippen LogP contribution in [0.5, 0.6) is 0 Å². The molecule has 3 atom stereocenters. The Morgan fingerprint density at radius 3 is 1.17 bits per heavy atom. The van der Waals surface area contributed by atoms with Crippen molar-refractivity contribution in [3.63, 3.8) is 0 Å². The maximum Gasteiger partial charge on any atom is 0.314 e. The Kier molecular flexibility index (Phi) is 15.0. The van der Waals surface area contributed by atoms with Gasteiger partial charge in [0.1, 0.15) is 17.1 Å². The molecule has 0 bridgehead atoms. The number of carbonyl (C=O) groups is 6. The van der Waals surface area contributed by atoms with E-state index in [0.29, 0.717) is 23.5 Å². The van der Waals surface area contributed by atoms with Crippen LogP contribution in [0.2, 0.25) is 0 Å². The number of carbonyl (C=O) groups excluding carboxylic acids is 5. The average molecular weight is 887 g/mol. The number of fused-ring (bicyclic) bond motifs is 3. The third-order valence-corrected chi connectivity index (χ3v) is 13.9. The highest BCUT2D eigenvalue weighted by atomic mass is 16.5. The van der Waals surface area contributed by atoms with E-state index in [1.54, 1.807) is 0 Å². The van der Waals surface area contributed by atoms with E-state index in [-0.39, 0.29) is 41.4 Å². The maximum absolute atomic E-state index is 12.6. The Balaban J connectivity index is 0.000000144. The molecule has 64 heavy (non-hydrogen) atoms. The summed E-state index contributed by atoms with van der Waals surface area (Å²) in [5, 5.41) is 9.29. The van der Waals surface area contributed by atoms with Gasteiger partial charge in [0.25, 0.3) is 17.7 Å². The van der Waals surface area contributed by atoms with Crippen LogP contribution in [0, 0.1) is 0 Å². The van der Waals surface area contributed by atoms with Crippen molar-refractivity contribution in [3.8, 4) is 0 Å². The molecular weight excluding hydrogens is 821 g/mol. The molecule has 18 nitrogen and oxygen atoms in total. The van der Waals surface area contributed by atoms with Crippen molar-refractivity contribution in [2.45, 2.75) is 75.5 Å². The standard InChI is InChI=1S/C16H23N3O3.C15H22N4O2.C15H21N3O3/c1-18-6-8-19(9-7-18)15(20)13-10-11-4-3-5-12(14(11)17-13)16(21)22-2;1-18-5-7-19(8-6-18)15(21)12-9-10-3-2-4-11(14(16)20)13(10)17-12;1-17-5-7-18(8-6-17)14(19)12-9-10-3-2-4-11(15(20)21)13(10)16-12/h10,12,17H,3-9H2,1-2H3;9,11,17H,2-8H2,1H3,(H2,16,20);9,11,16H,2-8H2,1H3,(H,20,21). The number of amides is 4. The number of nitrogens with zero attached hydrogens (tertiary/aromatic N) is 6. The summed E-state index contributed by atoms with van der Waals surface area (Å²) in [5.41, 5.74) is 12.8. The summed E-state index contributed by atoms with van der Waals surface area (Å²) in [4.78, 5) is 94.2. The van der Waals surface area contributed by atoms with E-state index >= 15 is 0 Å². The number of methoxy groups -OCH3 is 1. The number of esters is 1. The van der Waals surface area contributed by atoms with Gasteiger partial charge in [0.05, 0.1) is 24.9 Å². The Labute approximate surface area is 374 Å². The number of hydrogen-bond donors (Lipinski definition) is 5. The normalized spacial score (nSPS) is 22.7. The molecule has 3 saturated heterocycles. The number of carboxylic acid groups (broad SMARTS) is 1. The zero-order valence-corrected chi connectivity index (χ0v) is 37.9. The summed E-state index contributed by atoms with van der Waals surface area (Å²) < 4.78 is 4.88. The number of aromatic amines is 3. The van der Waals surface area contributed by atoms with Crippen molar-refractivity contribution in [2.24, 2.45) is 5.73 Å². The molecule has 348 valence electrons. The van der Waals surface area contributed by atoms with Gasteiger partial charge in [0, 0.05) is 95.6 Å². The lowest BCUT2D eigenvalue weighted by Gasteiger charge is -2.32. The van der Waals surface area contributed by atoms with Gasteiger partial charge in [-0.2, -0.15) is 0 Å². The van der Waals surface area contributed by atoms with E-state index in [9.17, 15) is 33.9 Å². The number of ether oxygens (including phenoxy) is 1. The van der Waals surface area contributed by atoms with Crippen LogP contribution in [0.1, 0.15) is 122 Å². The van der Waals surface area contributed by atoms with Crippen LogP contribution in [0.3, 0.4) is 0 Å². The van der Waals surface area contributed by atoms with Crippen LogP contribution in [0.15, 0.2) is 18.2 Å². The fourth-order valence-corrected chi connectivity index (χ4v) is 9.81. The summed E-state index contributed by atoms with van der Waals surface area (Å²) in [6.45, 7) is 9.80. The van der Waals surface area contributed by atoms with Gasteiger partial charge in [-0.15, -0.1) is 0 Å². The molecule has 4 amide bonds. The Hall–Kier alpha value is -5.46. The van der Waals surface area contributed by atoms with E-state index in [4.69, 9.17) is 10.5 Å². The Bertz CT molecular complexity index is 2070. The molecule has 3 aromatic heterocycles. The third-order valence-electron chi connectivity index (χ3n) is 13.9. The number of aromatic nitrogens is 3. The number of H-pyrrole nitrogens is 3. The maximum atomic E-state index is 12.6. The SMILES string of the molecule is CN1CCN(C(=O)c2cc3c([nH]2)C(C(=O)O)CCC3)CC1.CN1CCN(C(=O)c2cc3c([nH]2)C(C(N)=O)CCC3)CC1.COC(=O)C1CCCc2cc(C(=O)N3CCN(C)CC3)[nH]c21. The average Bonchev–Trinajstić information content (AvgIpc) is 4.06. The topological polar surface area (TPSA) is 225 Å². The summed E-state index contributed by atoms with van der Waals surface area (Å²) in [7, 11) is 7.59. The minimum absolute atomic E-state index is 0.0124. The number of aryl methyl sites for hydroxylation is 3. The van der Waals surface area contributed by atoms with Crippen molar-refractivity contribution in [3.05, 3.63) is 69.1 Å². The lowest BCUT2D eigenvalue weighted by Crippen LogP contribution is -2.47. The fraction of sp³-hybridized carbons (Fsp3) is 0.609. The lowest BCUT2D eigenvalue weighted by molar-refractivity contribution is -0.143. The molecule has 3 fully saturated rings. The molecular formula is C46H66N10O8. The zero-order valence-electron chi connectivity index (χ0n) is 37.9. The second-order valence-corrected chi connectivity index (χ2v) is 18.3. The van der Waals surface area contributed by atoms with Gasteiger partial charge in [-0.25, -0.2) is 0 Å². The molecule has 3 unspecified atom stereocenters. The first kappa shape index (κ1) is 46.5. The highest BCUT2D eigenvalue weighted by molar-refractivity contribution is 5.95. The molecule has 18 heteroatoms. The number of primary amides is 1. The van der Waals surface area contributed by atoms with Gasteiger partial charge < -0.3 is 59.9 Å². The molecule has 9 rings (SSSR count). The van der Waals surface area contributed by atoms with Crippen molar-refractivity contribution in [1.82, 2.24) is 44.4 Å². The first-order valence-electron chi connectivity index (χ1n) is 22.9. The van der Waals surface area contributed by atoms with Crippen LogP contribution in [0.4, 0.5) is 0 Å². The predicted molar refractivity (Wildman–Crippen MR) is 238 cm³/mol. The molecule has 3 aliphatic carbocycles. The van der Waals surface area contributed by atoms with Gasteiger partial charge in [-0.05, 0) is 114 Å². The van der Waals surface area contributed by atoms with E-state index < -0.39 is 11.9 Å². The number of carboxylic acids is 1. The first-order chi connectivity index (χ1) is 30.7. The van der Waals surface area contributed by atoms with Crippen LogP contribution >= 0.6 is 0 Å². The Morgan fingerprint density at radius 2 is 0.844 bits per heavy atom. The number of likely N-dealkylation sites (N-methyl/N-ethyl adjacent to an activating group) is 3. The molecule has 6 aliphatic rings. The van der Waals surface area contributed by atoms with Gasteiger partial charge in [0.2, 0.25) is 5.91 Å². The number of piperazine rings is 3.